The molecular formula is C15H22N2O4S. The summed E-state index contributed by atoms with van der Waals surface area (Å²) in [6.07, 6.45) is 1.97. The maximum absolute atomic E-state index is 12.2. The van der Waals surface area contributed by atoms with Gasteiger partial charge in [-0.1, -0.05) is 17.7 Å². The lowest BCUT2D eigenvalue weighted by Crippen LogP contribution is -2.40. The Balaban J connectivity index is 1.87. The molecule has 1 saturated heterocycles. The fraction of sp³-hybridized carbons (Fsp3) is 0.533. The van der Waals surface area contributed by atoms with Crippen LogP contribution in [0.3, 0.4) is 0 Å². The van der Waals surface area contributed by atoms with Crippen molar-refractivity contribution in [1.82, 2.24) is 10.0 Å². The van der Waals surface area contributed by atoms with Crippen LogP contribution in [-0.4, -0.2) is 40.1 Å². The van der Waals surface area contributed by atoms with Crippen LogP contribution < -0.4 is 10.0 Å². The molecule has 1 heterocycles. The highest BCUT2D eigenvalue weighted by Gasteiger charge is 2.19. The Kier molecular flexibility index (Phi) is 5.55. The van der Waals surface area contributed by atoms with Crippen LogP contribution in [0.4, 0.5) is 0 Å². The molecule has 0 bridgehead atoms. The molecule has 0 saturated carbocycles. The molecule has 0 aromatic heterocycles. The van der Waals surface area contributed by atoms with Gasteiger partial charge in [-0.05, 0) is 38.3 Å². The molecule has 1 aromatic carbocycles. The van der Waals surface area contributed by atoms with Gasteiger partial charge in [0, 0.05) is 13.2 Å². The van der Waals surface area contributed by atoms with Crippen molar-refractivity contribution in [3.05, 3.63) is 29.3 Å². The van der Waals surface area contributed by atoms with Gasteiger partial charge >= 0.3 is 0 Å². The fourth-order valence-corrected chi connectivity index (χ4v) is 3.64. The first-order chi connectivity index (χ1) is 10.4. The second-order valence-corrected chi connectivity index (χ2v) is 7.27. The molecule has 1 aromatic rings. The van der Waals surface area contributed by atoms with Crippen molar-refractivity contribution in [2.24, 2.45) is 0 Å². The molecule has 1 atom stereocenters. The quantitative estimate of drug-likeness (QED) is 0.813. The Morgan fingerprint density at radius 1 is 1.36 bits per heavy atom. The molecule has 22 heavy (non-hydrogen) atoms. The minimum atomic E-state index is -3.68. The van der Waals surface area contributed by atoms with E-state index in [4.69, 9.17) is 4.74 Å². The summed E-state index contributed by atoms with van der Waals surface area (Å²) >= 11 is 0. The molecule has 1 aliphatic rings. The van der Waals surface area contributed by atoms with Gasteiger partial charge in [-0.15, -0.1) is 0 Å². The fourth-order valence-electron chi connectivity index (χ4n) is 2.43. The van der Waals surface area contributed by atoms with Gasteiger partial charge in [0.15, 0.2) is 0 Å². The zero-order valence-electron chi connectivity index (χ0n) is 12.9. The second kappa shape index (κ2) is 7.21. The third kappa shape index (κ3) is 4.53. The lowest BCUT2D eigenvalue weighted by atomic mass is 10.2. The van der Waals surface area contributed by atoms with E-state index in [0.717, 1.165) is 25.0 Å². The maximum Gasteiger partial charge on any atom is 0.241 e. The molecule has 0 radical (unpaired) electrons. The number of hydrogen-bond acceptors (Lipinski definition) is 4. The molecule has 1 unspecified atom stereocenters. The van der Waals surface area contributed by atoms with Crippen LogP contribution in [0.25, 0.3) is 0 Å². The van der Waals surface area contributed by atoms with E-state index < -0.39 is 10.0 Å². The molecule has 1 amide bonds. The van der Waals surface area contributed by atoms with E-state index >= 15 is 0 Å². The van der Waals surface area contributed by atoms with Gasteiger partial charge in [0.25, 0.3) is 0 Å². The van der Waals surface area contributed by atoms with Crippen LogP contribution in [0.1, 0.15) is 24.0 Å². The maximum atomic E-state index is 12.2. The molecule has 0 spiro atoms. The SMILES string of the molecule is Cc1ccc(S(=O)(=O)NCC(=O)NCC2CCCO2)c(C)c1. The number of carbonyl (C=O) groups excluding carboxylic acids is 1. The lowest BCUT2D eigenvalue weighted by molar-refractivity contribution is -0.120. The highest BCUT2D eigenvalue weighted by atomic mass is 32.2. The first-order valence-corrected chi connectivity index (χ1v) is 8.82. The zero-order valence-corrected chi connectivity index (χ0v) is 13.7. The van der Waals surface area contributed by atoms with Crippen LogP contribution in [-0.2, 0) is 19.6 Å². The summed E-state index contributed by atoms with van der Waals surface area (Å²) < 4.78 is 32.1. The summed E-state index contributed by atoms with van der Waals surface area (Å²) in [5, 5.41) is 2.68. The molecule has 6 nitrogen and oxygen atoms in total. The van der Waals surface area contributed by atoms with E-state index in [9.17, 15) is 13.2 Å². The summed E-state index contributed by atoms with van der Waals surface area (Å²) in [6.45, 7) is 4.50. The van der Waals surface area contributed by atoms with Gasteiger partial charge in [0.05, 0.1) is 17.5 Å². The van der Waals surface area contributed by atoms with Gasteiger partial charge in [0.2, 0.25) is 15.9 Å². The summed E-state index contributed by atoms with van der Waals surface area (Å²) in [5.74, 6) is -0.358. The van der Waals surface area contributed by atoms with Gasteiger partial charge in [-0.2, -0.15) is 0 Å². The van der Waals surface area contributed by atoms with Crippen molar-refractivity contribution in [3.8, 4) is 0 Å². The number of rotatable bonds is 6. The van der Waals surface area contributed by atoms with E-state index in [1.165, 1.54) is 0 Å². The van der Waals surface area contributed by atoms with Crippen LogP contribution in [0.15, 0.2) is 23.1 Å². The third-order valence-corrected chi connectivity index (χ3v) is 5.16. The highest BCUT2D eigenvalue weighted by molar-refractivity contribution is 7.89. The molecule has 2 rings (SSSR count). The van der Waals surface area contributed by atoms with Crippen molar-refractivity contribution >= 4 is 15.9 Å². The monoisotopic (exact) mass is 326 g/mol. The Morgan fingerprint density at radius 3 is 2.77 bits per heavy atom. The molecule has 1 fully saturated rings. The normalized spacial score (nSPS) is 18.4. The molecule has 2 N–H and O–H groups in total. The number of aryl methyl sites for hydroxylation is 2. The Bertz CT molecular complexity index is 637. The Labute approximate surface area is 131 Å². The minimum Gasteiger partial charge on any atom is -0.376 e. The van der Waals surface area contributed by atoms with Gasteiger partial charge < -0.3 is 10.1 Å². The first-order valence-electron chi connectivity index (χ1n) is 7.34. The standard InChI is InChI=1S/C15H22N2O4S/c1-11-5-6-14(12(2)8-11)22(19,20)17-10-15(18)16-9-13-4-3-7-21-13/h5-6,8,13,17H,3-4,7,9-10H2,1-2H3,(H,16,18). The average molecular weight is 326 g/mol. The molecule has 1 aliphatic heterocycles. The Morgan fingerprint density at radius 2 is 2.14 bits per heavy atom. The van der Waals surface area contributed by atoms with Crippen LogP contribution in [0, 0.1) is 13.8 Å². The lowest BCUT2D eigenvalue weighted by Gasteiger charge is -2.12. The van der Waals surface area contributed by atoms with Gasteiger partial charge in [-0.3, -0.25) is 4.79 Å². The third-order valence-electron chi connectivity index (χ3n) is 3.59. The van der Waals surface area contributed by atoms with Crippen molar-refractivity contribution < 1.29 is 17.9 Å². The zero-order chi connectivity index (χ0) is 16.2. The van der Waals surface area contributed by atoms with E-state index in [0.29, 0.717) is 12.1 Å². The van der Waals surface area contributed by atoms with E-state index in [1.54, 1.807) is 25.1 Å². The van der Waals surface area contributed by atoms with Crippen molar-refractivity contribution in [2.45, 2.75) is 37.7 Å². The Hall–Kier alpha value is -1.44. The predicted octanol–water partition coefficient (Wildman–Crippen LogP) is 0.877. The van der Waals surface area contributed by atoms with Crippen LogP contribution >= 0.6 is 0 Å². The minimum absolute atomic E-state index is 0.0416. The highest BCUT2D eigenvalue weighted by Crippen LogP contribution is 2.16. The summed E-state index contributed by atoms with van der Waals surface area (Å²) in [7, 11) is -3.68. The molecule has 0 aliphatic carbocycles. The summed E-state index contributed by atoms with van der Waals surface area (Å²) in [6, 6.07) is 5.09. The predicted molar refractivity (Wildman–Crippen MR) is 83.1 cm³/mol. The molecule has 122 valence electrons. The van der Waals surface area contributed by atoms with Gasteiger partial charge in [-0.25, -0.2) is 13.1 Å². The molecule has 7 heteroatoms. The number of carbonyl (C=O) groups is 1. The summed E-state index contributed by atoms with van der Waals surface area (Å²) in [5.41, 5.74) is 1.65. The number of ether oxygens (including phenoxy) is 1. The van der Waals surface area contributed by atoms with Crippen molar-refractivity contribution in [3.63, 3.8) is 0 Å². The number of amides is 1. The number of hydrogen-bond donors (Lipinski definition) is 2. The van der Waals surface area contributed by atoms with Crippen molar-refractivity contribution in [1.29, 1.82) is 0 Å². The average Bonchev–Trinajstić information content (AvgIpc) is 2.96. The van der Waals surface area contributed by atoms with Crippen molar-refractivity contribution in [2.75, 3.05) is 19.7 Å². The number of sulfonamides is 1. The second-order valence-electron chi connectivity index (χ2n) is 5.53. The van der Waals surface area contributed by atoms with E-state index in [2.05, 4.69) is 10.0 Å². The van der Waals surface area contributed by atoms with Crippen LogP contribution in [0.5, 0.6) is 0 Å². The van der Waals surface area contributed by atoms with Crippen LogP contribution in [0.2, 0.25) is 0 Å². The molecular weight excluding hydrogens is 304 g/mol. The van der Waals surface area contributed by atoms with E-state index in [1.807, 2.05) is 6.92 Å². The number of benzene rings is 1. The largest absolute Gasteiger partial charge is 0.376 e. The number of nitrogens with one attached hydrogen (secondary N) is 2. The topological polar surface area (TPSA) is 84.5 Å². The first kappa shape index (κ1) is 16.9. The summed E-state index contributed by atoms with van der Waals surface area (Å²) in [4.78, 5) is 11.9. The smallest absolute Gasteiger partial charge is 0.241 e. The van der Waals surface area contributed by atoms with Gasteiger partial charge in [0.1, 0.15) is 0 Å². The van der Waals surface area contributed by atoms with E-state index in [-0.39, 0.29) is 23.5 Å².